The van der Waals surface area contributed by atoms with E-state index in [2.05, 4.69) is 11.1 Å². The minimum atomic E-state index is -0.124. The Morgan fingerprint density at radius 1 is 1.38 bits per heavy atom. The molecule has 1 aromatic carbocycles. The highest BCUT2D eigenvalue weighted by molar-refractivity contribution is 6.34. The van der Waals surface area contributed by atoms with Crippen molar-refractivity contribution < 1.29 is 4.79 Å². The number of hydrogen-bond donors (Lipinski definition) is 0. The summed E-state index contributed by atoms with van der Waals surface area (Å²) >= 11 is 6.08. The van der Waals surface area contributed by atoms with Crippen molar-refractivity contribution in [2.24, 2.45) is 0 Å². The Morgan fingerprint density at radius 2 is 2.05 bits per heavy atom. The monoisotopic (exact) mass is 301 g/mol. The molecule has 1 heterocycles. The van der Waals surface area contributed by atoms with Crippen molar-refractivity contribution in [1.29, 1.82) is 5.26 Å². The number of benzene rings is 1. The molecule has 5 heteroatoms. The second-order valence-corrected chi connectivity index (χ2v) is 5.37. The molecule has 4 nitrogen and oxygen atoms in total. The molecule has 2 aromatic rings. The molecule has 1 amide bonds. The number of amides is 1. The fraction of sp³-hybridized carbons (Fsp3) is 0.312. The zero-order valence-electron chi connectivity index (χ0n) is 12.0. The molecule has 0 N–H and O–H groups in total. The van der Waals surface area contributed by atoms with Gasteiger partial charge in [0, 0.05) is 24.2 Å². The number of halogens is 1. The van der Waals surface area contributed by atoms with Crippen LogP contribution in [0, 0.1) is 11.3 Å². The number of carbonyl (C=O) groups excluding carboxylic acids is 1. The summed E-state index contributed by atoms with van der Waals surface area (Å²) < 4.78 is 0. The third-order valence-electron chi connectivity index (χ3n) is 3.33. The van der Waals surface area contributed by atoms with E-state index in [9.17, 15) is 4.79 Å². The van der Waals surface area contributed by atoms with Gasteiger partial charge in [0.05, 0.1) is 18.1 Å². The van der Waals surface area contributed by atoms with Gasteiger partial charge in [0.1, 0.15) is 5.15 Å². The quantitative estimate of drug-likeness (QED) is 0.810. The first kappa shape index (κ1) is 15.3. The smallest absolute Gasteiger partial charge is 0.256 e. The SMILES string of the molecule is CC(C)N(CCC#N)C(=O)c1cnc(Cl)c2ccccc12. The fourth-order valence-corrected chi connectivity index (χ4v) is 2.46. The van der Waals surface area contributed by atoms with Crippen LogP contribution in [-0.2, 0) is 0 Å². The molecule has 0 spiro atoms. The number of hydrogen-bond acceptors (Lipinski definition) is 3. The third kappa shape index (κ3) is 3.14. The van der Waals surface area contributed by atoms with E-state index in [-0.39, 0.29) is 11.9 Å². The first-order valence-electron chi connectivity index (χ1n) is 6.77. The van der Waals surface area contributed by atoms with Crippen molar-refractivity contribution in [3.05, 3.63) is 41.2 Å². The number of pyridine rings is 1. The van der Waals surface area contributed by atoms with Gasteiger partial charge in [-0.1, -0.05) is 35.9 Å². The summed E-state index contributed by atoms with van der Waals surface area (Å²) in [7, 11) is 0. The number of carbonyl (C=O) groups is 1. The Hall–Kier alpha value is -2.12. The van der Waals surface area contributed by atoms with E-state index in [0.717, 1.165) is 10.8 Å². The van der Waals surface area contributed by atoms with E-state index in [4.69, 9.17) is 16.9 Å². The minimum Gasteiger partial charge on any atom is -0.335 e. The molecular formula is C16H16ClN3O. The topological polar surface area (TPSA) is 57.0 Å². The molecule has 2 rings (SSSR count). The van der Waals surface area contributed by atoms with Crippen LogP contribution in [0.1, 0.15) is 30.6 Å². The van der Waals surface area contributed by atoms with Gasteiger partial charge in [-0.2, -0.15) is 5.26 Å². The predicted molar refractivity (Wildman–Crippen MR) is 83.2 cm³/mol. The molecule has 0 fully saturated rings. The average Bonchev–Trinajstić information content (AvgIpc) is 2.48. The van der Waals surface area contributed by atoms with Crippen molar-refractivity contribution >= 4 is 28.3 Å². The van der Waals surface area contributed by atoms with Crippen LogP contribution >= 0.6 is 11.6 Å². The van der Waals surface area contributed by atoms with Crippen LogP contribution in [0.15, 0.2) is 30.5 Å². The van der Waals surface area contributed by atoms with E-state index >= 15 is 0 Å². The van der Waals surface area contributed by atoms with E-state index in [1.165, 1.54) is 6.20 Å². The maximum atomic E-state index is 12.8. The van der Waals surface area contributed by atoms with Gasteiger partial charge < -0.3 is 4.90 Å². The van der Waals surface area contributed by atoms with Gasteiger partial charge in [0.25, 0.3) is 5.91 Å². The van der Waals surface area contributed by atoms with Gasteiger partial charge in [-0.05, 0) is 19.2 Å². The average molecular weight is 302 g/mol. The molecule has 0 aliphatic heterocycles. The lowest BCUT2D eigenvalue weighted by atomic mass is 10.1. The standard InChI is InChI=1S/C16H16ClN3O/c1-11(2)20(9-5-8-18)16(21)14-10-19-15(17)13-7-4-3-6-12(13)14/h3-4,6-7,10-11H,5,9H2,1-2H3. The lowest BCUT2D eigenvalue weighted by Crippen LogP contribution is -2.37. The highest BCUT2D eigenvalue weighted by atomic mass is 35.5. The molecule has 0 saturated heterocycles. The van der Waals surface area contributed by atoms with Crippen LogP contribution in [0.2, 0.25) is 5.15 Å². The summed E-state index contributed by atoms with van der Waals surface area (Å²) in [4.78, 5) is 18.5. The summed E-state index contributed by atoms with van der Waals surface area (Å²) in [5.41, 5.74) is 0.515. The van der Waals surface area contributed by atoms with E-state index in [1.54, 1.807) is 4.90 Å². The Bertz CT molecular complexity index is 706. The molecule has 0 radical (unpaired) electrons. The van der Waals surface area contributed by atoms with Crippen LogP contribution in [0.4, 0.5) is 0 Å². The normalized spacial score (nSPS) is 10.6. The number of rotatable bonds is 4. The summed E-state index contributed by atoms with van der Waals surface area (Å²) in [6.07, 6.45) is 1.82. The lowest BCUT2D eigenvalue weighted by molar-refractivity contribution is 0.0712. The van der Waals surface area contributed by atoms with E-state index < -0.39 is 0 Å². The fourth-order valence-electron chi connectivity index (χ4n) is 2.25. The Balaban J connectivity index is 2.48. The van der Waals surface area contributed by atoms with Gasteiger partial charge in [-0.25, -0.2) is 4.98 Å². The largest absolute Gasteiger partial charge is 0.335 e. The van der Waals surface area contributed by atoms with E-state index in [1.807, 2.05) is 38.1 Å². The first-order chi connectivity index (χ1) is 10.1. The third-order valence-corrected chi connectivity index (χ3v) is 3.63. The minimum absolute atomic E-state index is 0.0142. The molecule has 0 aliphatic rings. The highest BCUT2D eigenvalue weighted by Crippen LogP contribution is 2.25. The first-order valence-corrected chi connectivity index (χ1v) is 7.15. The van der Waals surface area contributed by atoms with Gasteiger partial charge >= 0.3 is 0 Å². The van der Waals surface area contributed by atoms with Crippen molar-refractivity contribution in [2.75, 3.05) is 6.54 Å². The lowest BCUT2D eigenvalue weighted by Gasteiger charge is -2.26. The highest BCUT2D eigenvalue weighted by Gasteiger charge is 2.21. The van der Waals surface area contributed by atoms with Crippen LogP contribution in [-0.4, -0.2) is 28.4 Å². The van der Waals surface area contributed by atoms with Crippen molar-refractivity contribution in [3.8, 4) is 6.07 Å². The Morgan fingerprint density at radius 3 is 2.67 bits per heavy atom. The number of nitrogens with zero attached hydrogens (tertiary/aromatic N) is 3. The summed E-state index contributed by atoms with van der Waals surface area (Å²) in [5.74, 6) is -0.124. The Labute approximate surface area is 129 Å². The molecule has 0 aliphatic carbocycles. The van der Waals surface area contributed by atoms with Crippen molar-refractivity contribution in [3.63, 3.8) is 0 Å². The molecule has 108 valence electrons. The maximum absolute atomic E-state index is 12.8. The maximum Gasteiger partial charge on any atom is 0.256 e. The second kappa shape index (κ2) is 6.55. The number of fused-ring (bicyclic) bond motifs is 1. The second-order valence-electron chi connectivity index (χ2n) is 5.01. The molecular weight excluding hydrogens is 286 g/mol. The molecule has 1 aromatic heterocycles. The predicted octanol–water partition coefficient (Wildman–Crippen LogP) is 3.65. The Kier molecular flexibility index (Phi) is 4.77. The molecule has 0 saturated carbocycles. The van der Waals surface area contributed by atoms with Gasteiger partial charge in [0.2, 0.25) is 0 Å². The summed E-state index contributed by atoms with van der Waals surface area (Å²) in [5, 5.41) is 10.7. The van der Waals surface area contributed by atoms with E-state index in [0.29, 0.717) is 23.7 Å². The van der Waals surface area contributed by atoms with Crippen molar-refractivity contribution in [1.82, 2.24) is 9.88 Å². The van der Waals surface area contributed by atoms with Crippen LogP contribution < -0.4 is 0 Å². The summed E-state index contributed by atoms with van der Waals surface area (Å²) in [6, 6.07) is 9.52. The van der Waals surface area contributed by atoms with Crippen LogP contribution in [0.25, 0.3) is 10.8 Å². The van der Waals surface area contributed by atoms with Gasteiger partial charge in [0.15, 0.2) is 0 Å². The van der Waals surface area contributed by atoms with Crippen molar-refractivity contribution in [2.45, 2.75) is 26.3 Å². The van der Waals surface area contributed by atoms with Gasteiger partial charge in [-0.3, -0.25) is 4.79 Å². The molecule has 0 unspecified atom stereocenters. The number of aromatic nitrogens is 1. The van der Waals surface area contributed by atoms with Crippen LogP contribution in [0.3, 0.4) is 0 Å². The molecule has 0 atom stereocenters. The zero-order chi connectivity index (χ0) is 15.4. The zero-order valence-corrected chi connectivity index (χ0v) is 12.8. The molecule has 21 heavy (non-hydrogen) atoms. The van der Waals surface area contributed by atoms with Crippen LogP contribution in [0.5, 0.6) is 0 Å². The van der Waals surface area contributed by atoms with Gasteiger partial charge in [-0.15, -0.1) is 0 Å². The number of nitriles is 1. The summed E-state index contributed by atoms with van der Waals surface area (Å²) in [6.45, 7) is 4.27. The molecule has 0 bridgehead atoms.